The molecule has 0 radical (unpaired) electrons. The molecule has 0 aromatic rings. The first kappa shape index (κ1) is 17.4. The average Bonchev–Trinajstić information content (AvgIpc) is 2.38. The monoisotopic (exact) mass is 280 g/mol. The van der Waals surface area contributed by atoms with Gasteiger partial charge in [0.25, 0.3) is 0 Å². The Morgan fingerprint density at radius 2 is 1.41 bits per heavy atom. The summed E-state index contributed by atoms with van der Waals surface area (Å²) in [6.07, 6.45) is 6.51. The fraction of sp³-hybridized carbons (Fsp3) is 1.00. The van der Waals surface area contributed by atoms with E-state index in [1.54, 1.807) is 21.3 Å². The van der Waals surface area contributed by atoms with Gasteiger partial charge in [-0.25, -0.2) is 0 Å². The lowest BCUT2D eigenvalue weighted by Crippen LogP contribution is -2.42. The number of rotatable bonds is 12. The van der Waals surface area contributed by atoms with Gasteiger partial charge in [0, 0.05) is 27.4 Å². The van der Waals surface area contributed by atoms with Gasteiger partial charge in [0.15, 0.2) is 0 Å². The summed E-state index contributed by atoms with van der Waals surface area (Å²) in [6, 6.07) is 0.915. The van der Waals surface area contributed by atoms with Crippen molar-refractivity contribution in [2.75, 3.05) is 32.8 Å². The van der Waals surface area contributed by atoms with E-state index in [9.17, 15) is 0 Å². The highest BCUT2D eigenvalue weighted by molar-refractivity contribution is 7.99. The van der Waals surface area contributed by atoms with Crippen LogP contribution in [-0.2, 0) is 13.3 Å². The lowest BCUT2D eigenvalue weighted by atomic mass is 10.2. The van der Waals surface area contributed by atoms with Gasteiger partial charge in [0.2, 0.25) is 0 Å². The van der Waals surface area contributed by atoms with Crippen LogP contribution in [0, 0.1) is 0 Å². The summed E-state index contributed by atoms with van der Waals surface area (Å²) < 4.78 is 16.1. The van der Waals surface area contributed by atoms with E-state index in [0.717, 1.165) is 12.5 Å². The molecule has 3 nitrogen and oxygen atoms in total. The number of hydrogen-bond acceptors (Lipinski definition) is 4. The summed E-state index contributed by atoms with van der Waals surface area (Å²) in [4.78, 5) is 0. The molecule has 0 saturated heterocycles. The minimum Gasteiger partial charge on any atom is -0.377 e. The van der Waals surface area contributed by atoms with Crippen LogP contribution in [0.3, 0.4) is 0 Å². The smallest absolute Gasteiger partial charge is 0.377 e. The first-order chi connectivity index (χ1) is 8.24. The summed E-state index contributed by atoms with van der Waals surface area (Å²) in [6.45, 7) is 2.25. The van der Waals surface area contributed by atoms with Gasteiger partial charge in [-0.05, 0) is 24.3 Å². The molecule has 0 unspecified atom stereocenters. The highest BCUT2D eigenvalue weighted by Crippen LogP contribution is 2.18. The molecule has 0 rings (SSSR count). The lowest BCUT2D eigenvalue weighted by Gasteiger charge is -2.24. The zero-order chi connectivity index (χ0) is 13.0. The standard InChI is InChI=1S/C12H28O3SSi/c1-5-6-7-8-10-16-11-9-12-17(13-2,14-3)15-4/h5-12H2,1-4H3. The quantitative estimate of drug-likeness (QED) is 0.403. The Hall–Kier alpha value is 0.447. The Morgan fingerprint density at radius 1 is 0.824 bits per heavy atom. The molecule has 0 aromatic heterocycles. The zero-order valence-electron chi connectivity index (χ0n) is 11.8. The van der Waals surface area contributed by atoms with E-state index in [-0.39, 0.29) is 0 Å². The molecule has 104 valence electrons. The second kappa shape index (κ2) is 11.5. The van der Waals surface area contributed by atoms with Crippen molar-refractivity contribution in [1.82, 2.24) is 0 Å². The van der Waals surface area contributed by atoms with Crippen molar-refractivity contribution >= 4 is 20.6 Å². The molecule has 0 amide bonds. The van der Waals surface area contributed by atoms with Crippen molar-refractivity contribution in [1.29, 1.82) is 0 Å². The van der Waals surface area contributed by atoms with Crippen LogP contribution in [0.4, 0.5) is 0 Å². The van der Waals surface area contributed by atoms with E-state index in [0.29, 0.717) is 0 Å². The molecule has 0 aromatic carbocycles. The van der Waals surface area contributed by atoms with Gasteiger partial charge >= 0.3 is 8.80 Å². The summed E-state index contributed by atoms with van der Waals surface area (Å²) >= 11 is 2.03. The maximum atomic E-state index is 5.38. The summed E-state index contributed by atoms with van der Waals surface area (Å²) in [5.74, 6) is 2.46. The molecule has 0 aliphatic heterocycles. The third-order valence-electron chi connectivity index (χ3n) is 2.85. The molecule has 0 aliphatic rings. The number of thioether (sulfide) groups is 1. The minimum absolute atomic E-state index is 0.915. The third kappa shape index (κ3) is 8.21. The minimum atomic E-state index is -2.31. The van der Waals surface area contributed by atoms with Gasteiger partial charge in [-0.3, -0.25) is 0 Å². The van der Waals surface area contributed by atoms with Gasteiger partial charge < -0.3 is 13.3 Å². The predicted molar refractivity (Wildman–Crippen MR) is 77.7 cm³/mol. The molecular formula is C12H28O3SSi. The highest BCUT2D eigenvalue weighted by atomic mass is 32.2. The van der Waals surface area contributed by atoms with Gasteiger partial charge in [0.05, 0.1) is 0 Å². The fourth-order valence-corrected chi connectivity index (χ4v) is 4.62. The van der Waals surface area contributed by atoms with Crippen LogP contribution in [0.2, 0.25) is 6.04 Å². The van der Waals surface area contributed by atoms with Crippen LogP contribution in [0.1, 0.15) is 39.0 Å². The van der Waals surface area contributed by atoms with Crippen LogP contribution in [0.15, 0.2) is 0 Å². The normalized spacial score (nSPS) is 12.0. The van der Waals surface area contributed by atoms with E-state index in [1.807, 2.05) is 11.8 Å². The fourth-order valence-electron chi connectivity index (χ4n) is 1.68. The SMILES string of the molecule is CCCCCCSCCC[Si](OC)(OC)OC. The first-order valence-corrected chi connectivity index (χ1v) is 9.56. The molecule has 0 aliphatic carbocycles. The molecule has 0 atom stereocenters. The van der Waals surface area contributed by atoms with Gasteiger partial charge in [0.1, 0.15) is 0 Å². The predicted octanol–water partition coefficient (Wildman–Crippen LogP) is 3.57. The highest BCUT2D eigenvalue weighted by Gasteiger charge is 2.36. The van der Waals surface area contributed by atoms with E-state index in [4.69, 9.17) is 13.3 Å². The maximum Gasteiger partial charge on any atom is 0.500 e. The van der Waals surface area contributed by atoms with Crippen molar-refractivity contribution in [2.45, 2.75) is 45.1 Å². The topological polar surface area (TPSA) is 27.7 Å². The van der Waals surface area contributed by atoms with Gasteiger partial charge in [-0.2, -0.15) is 11.8 Å². The zero-order valence-corrected chi connectivity index (χ0v) is 13.6. The Morgan fingerprint density at radius 3 is 1.94 bits per heavy atom. The van der Waals surface area contributed by atoms with Crippen LogP contribution in [0.5, 0.6) is 0 Å². The summed E-state index contributed by atoms with van der Waals surface area (Å²) in [7, 11) is 2.72. The van der Waals surface area contributed by atoms with E-state index in [1.165, 1.54) is 37.2 Å². The molecular weight excluding hydrogens is 252 g/mol. The van der Waals surface area contributed by atoms with Crippen LogP contribution < -0.4 is 0 Å². The Bertz CT molecular complexity index is 158. The van der Waals surface area contributed by atoms with E-state index < -0.39 is 8.80 Å². The number of unbranched alkanes of at least 4 members (excludes halogenated alkanes) is 3. The van der Waals surface area contributed by atoms with Crippen LogP contribution in [0.25, 0.3) is 0 Å². The molecule has 5 heteroatoms. The summed E-state index contributed by atoms with van der Waals surface area (Å²) in [5.41, 5.74) is 0. The van der Waals surface area contributed by atoms with Crippen LogP contribution in [-0.4, -0.2) is 41.6 Å². The molecule has 0 spiro atoms. The molecule has 0 saturated carbocycles. The van der Waals surface area contributed by atoms with Crippen molar-refractivity contribution in [3.63, 3.8) is 0 Å². The van der Waals surface area contributed by atoms with Crippen molar-refractivity contribution in [2.24, 2.45) is 0 Å². The third-order valence-corrected chi connectivity index (χ3v) is 6.83. The largest absolute Gasteiger partial charge is 0.500 e. The van der Waals surface area contributed by atoms with Crippen LogP contribution >= 0.6 is 11.8 Å². The van der Waals surface area contributed by atoms with Crippen molar-refractivity contribution in [3.05, 3.63) is 0 Å². The lowest BCUT2D eigenvalue weighted by molar-refractivity contribution is 0.123. The molecule has 0 fully saturated rings. The molecule has 0 heterocycles. The van der Waals surface area contributed by atoms with E-state index in [2.05, 4.69) is 6.92 Å². The Balaban J connectivity index is 3.43. The van der Waals surface area contributed by atoms with E-state index >= 15 is 0 Å². The first-order valence-electron chi connectivity index (χ1n) is 6.48. The Labute approximate surface area is 112 Å². The second-order valence-electron chi connectivity index (χ2n) is 4.07. The van der Waals surface area contributed by atoms with Gasteiger partial charge in [-0.15, -0.1) is 0 Å². The summed E-state index contributed by atoms with van der Waals surface area (Å²) in [5, 5.41) is 0. The number of hydrogen-bond donors (Lipinski definition) is 0. The van der Waals surface area contributed by atoms with Crippen molar-refractivity contribution < 1.29 is 13.3 Å². The molecule has 0 N–H and O–H groups in total. The average molecular weight is 281 g/mol. The van der Waals surface area contributed by atoms with Crippen molar-refractivity contribution in [3.8, 4) is 0 Å². The van der Waals surface area contributed by atoms with Gasteiger partial charge in [-0.1, -0.05) is 26.2 Å². The second-order valence-corrected chi connectivity index (χ2v) is 8.39. The molecule has 17 heavy (non-hydrogen) atoms. The molecule has 0 bridgehead atoms. The Kier molecular flexibility index (Phi) is 11.8. The maximum absolute atomic E-state index is 5.38.